The quantitative estimate of drug-likeness (QED) is 0.362. The molecule has 2 unspecified atom stereocenters. The van der Waals surface area contributed by atoms with Gasteiger partial charge in [-0.05, 0) is 32.6 Å². The van der Waals surface area contributed by atoms with Gasteiger partial charge in [-0.1, -0.05) is 57.9 Å². The van der Waals surface area contributed by atoms with Crippen LogP contribution in [0.5, 0.6) is 0 Å². The first-order chi connectivity index (χ1) is 9.70. The van der Waals surface area contributed by atoms with E-state index in [1.54, 1.807) is 0 Å². The van der Waals surface area contributed by atoms with Crippen LogP contribution in [0, 0.1) is 0 Å². The van der Waals surface area contributed by atoms with Crippen molar-refractivity contribution >= 4 is 0 Å². The van der Waals surface area contributed by atoms with Crippen molar-refractivity contribution in [1.82, 2.24) is 0 Å². The predicted molar refractivity (Wildman–Crippen MR) is 85.9 cm³/mol. The Bertz CT molecular complexity index is 246. The van der Waals surface area contributed by atoms with Gasteiger partial charge in [-0.15, -0.1) is 6.58 Å². The fraction of sp³-hybridized carbons (Fsp3) is 0.889. The molecule has 20 heavy (non-hydrogen) atoms. The van der Waals surface area contributed by atoms with Gasteiger partial charge in [0.15, 0.2) is 6.29 Å². The van der Waals surface area contributed by atoms with Crippen molar-refractivity contribution in [2.24, 2.45) is 0 Å². The summed E-state index contributed by atoms with van der Waals surface area (Å²) in [5, 5.41) is 0. The van der Waals surface area contributed by atoms with E-state index in [9.17, 15) is 0 Å². The predicted octanol–water partition coefficient (Wildman–Crippen LogP) is 5.62. The minimum atomic E-state index is -0.217. The van der Waals surface area contributed by atoms with Gasteiger partial charge in [0, 0.05) is 6.61 Å². The van der Waals surface area contributed by atoms with Crippen LogP contribution in [0.3, 0.4) is 0 Å². The van der Waals surface area contributed by atoms with E-state index < -0.39 is 0 Å². The Hall–Kier alpha value is -0.340. The van der Waals surface area contributed by atoms with E-state index in [4.69, 9.17) is 9.47 Å². The molecule has 1 saturated heterocycles. The average Bonchev–Trinajstić information content (AvgIpc) is 2.47. The summed E-state index contributed by atoms with van der Waals surface area (Å²) in [5.74, 6) is 0. The standard InChI is InChI=1S/C18H34O2/c1-4-6-7-8-9-10-12-15-18(3,5-2)20-17-14-11-13-16-19-17/h5,17H,2,4,6-16H2,1,3H3. The summed E-state index contributed by atoms with van der Waals surface area (Å²) in [6, 6.07) is 0. The minimum absolute atomic E-state index is 0.0173. The molecule has 0 aromatic rings. The average molecular weight is 282 g/mol. The van der Waals surface area contributed by atoms with Gasteiger partial charge >= 0.3 is 0 Å². The SMILES string of the molecule is C=CC(C)(CCCCCCCCC)OC1CCCCO1. The highest BCUT2D eigenvalue weighted by atomic mass is 16.7. The third kappa shape index (κ3) is 7.44. The maximum atomic E-state index is 6.13. The Labute approximate surface area is 125 Å². The van der Waals surface area contributed by atoms with Gasteiger partial charge in [-0.3, -0.25) is 0 Å². The van der Waals surface area contributed by atoms with E-state index in [1.807, 2.05) is 6.08 Å². The molecule has 1 fully saturated rings. The molecule has 0 aromatic heterocycles. The molecule has 1 heterocycles. The lowest BCUT2D eigenvalue weighted by Crippen LogP contribution is -2.35. The highest BCUT2D eigenvalue weighted by Crippen LogP contribution is 2.26. The molecule has 0 spiro atoms. The molecule has 0 aromatic carbocycles. The second-order valence-electron chi connectivity index (χ2n) is 6.30. The zero-order valence-corrected chi connectivity index (χ0v) is 13.7. The highest BCUT2D eigenvalue weighted by molar-refractivity contribution is 4.94. The van der Waals surface area contributed by atoms with Crippen molar-refractivity contribution in [3.05, 3.63) is 12.7 Å². The molecule has 2 heteroatoms. The molecule has 2 atom stereocenters. The number of hydrogen-bond acceptors (Lipinski definition) is 2. The summed E-state index contributed by atoms with van der Waals surface area (Å²) < 4.78 is 11.8. The van der Waals surface area contributed by atoms with Gasteiger partial charge in [0.2, 0.25) is 0 Å². The van der Waals surface area contributed by atoms with Crippen LogP contribution in [0.1, 0.15) is 84.5 Å². The second kappa shape index (κ2) is 10.4. The molecule has 118 valence electrons. The highest BCUT2D eigenvalue weighted by Gasteiger charge is 2.26. The zero-order chi connectivity index (χ0) is 14.7. The topological polar surface area (TPSA) is 18.5 Å². The fourth-order valence-electron chi connectivity index (χ4n) is 2.75. The number of unbranched alkanes of at least 4 members (excludes halogenated alkanes) is 6. The third-order valence-corrected chi connectivity index (χ3v) is 4.25. The van der Waals surface area contributed by atoms with Gasteiger partial charge in [-0.2, -0.15) is 0 Å². The van der Waals surface area contributed by atoms with Crippen LogP contribution in [-0.4, -0.2) is 18.5 Å². The summed E-state index contributed by atoms with van der Waals surface area (Å²) in [6.07, 6.45) is 15.8. The van der Waals surface area contributed by atoms with E-state index in [1.165, 1.54) is 57.8 Å². The Balaban J connectivity index is 2.14. The van der Waals surface area contributed by atoms with Crippen LogP contribution in [0.25, 0.3) is 0 Å². The summed E-state index contributed by atoms with van der Waals surface area (Å²) in [4.78, 5) is 0. The third-order valence-electron chi connectivity index (χ3n) is 4.25. The lowest BCUT2D eigenvalue weighted by molar-refractivity contribution is -0.208. The molecular weight excluding hydrogens is 248 g/mol. The van der Waals surface area contributed by atoms with Gasteiger partial charge in [-0.25, -0.2) is 0 Å². The molecule has 1 aliphatic heterocycles. The van der Waals surface area contributed by atoms with Crippen molar-refractivity contribution in [2.45, 2.75) is 96.4 Å². The first kappa shape index (κ1) is 17.7. The largest absolute Gasteiger partial charge is 0.353 e. The molecule has 1 aliphatic rings. The van der Waals surface area contributed by atoms with Gasteiger partial charge in [0.1, 0.15) is 0 Å². The summed E-state index contributed by atoms with van der Waals surface area (Å²) in [6.45, 7) is 9.21. The van der Waals surface area contributed by atoms with Crippen molar-refractivity contribution < 1.29 is 9.47 Å². The Morgan fingerprint density at radius 3 is 2.45 bits per heavy atom. The Morgan fingerprint density at radius 2 is 1.85 bits per heavy atom. The zero-order valence-electron chi connectivity index (χ0n) is 13.7. The normalized spacial score (nSPS) is 22.4. The maximum Gasteiger partial charge on any atom is 0.158 e. The molecule has 2 nitrogen and oxygen atoms in total. The number of rotatable bonds is 11. The van der Waals surface area contributed by atoms with Crippen molar-refractivity contribution in [3.8, 4) is 0 Å². The lowest BCUT2D eigenvalue weighted by atomic mass is 9.97. The number of hydrogen-bond donors (Lipinski definition) is 0. The molecule has 0 N–H and O–H groups in total. The first-order valence-corrected chi connectivity index (χ1v) is 8.63. The summed E-state index contributed by atoms with van der Waals surface area (Å²) >= 11 is 0. The van der Waals surface area contributed by atoms with Crippen LogP contribution in [0.4, 0.5) is 0 Å². The molecule has 1 rings (SSSR count). The van der Waals surface area contributed by atoms with E-state index in [-0.39, 0.29) is 11.9 Å². The summed E-state index contributed by atoms with van der Waals surface area (Å²) in [5.41, 5.74) is -0.217. The lowest BCUT2D eigenvalue weighted by Gasteiger charge is -2.33. The van der Waals surface area contributed by atoms with E-state index in [2.05, 4.69) is 20.4 Å². The molecular formula is C18H34O2. The van der Waals surface area contributed by atoms with Gasteiger partial charge in [0.05, 0.1) is 5.60 Å². The van der Waals surface area contributed by atoms with Gasteiger partial charge < -0.3 is 9.47 Å². The second-order valence-corrected chi connectivity index (χ2v) is 6.30. The summed E-state index contributed by atoms with van der Waals surface area (Å²) in [7, 11) is 0. The van der Waals surface area contributed by atoms with Crippen LogP contribution in [0.2, 0.25) is 0 Å². The minimum Gasteiger partial charge on any atom is -0.353 e. The molecule has 0 radical (unpaired) electrons. The van der Waals surface area contributed by atoms with Crippen LogP contribution >= 0.6 is 0 Å². The van der Waals surface area contributed by atoms with E-state index in [0.717, 1.165) is 19.4 Å². The molecule has 0 saturated carbocycles. The van der Waals surface area contributed by atoms with Crippen molar-refractivity contribution in [2.75, 3.05) is 6.61 Å². The Kier molecular flexibility index (Phi) is 9.21. The van der Waals surface area contributed by atoms with Crippen molar-refractivity contribution in [3.63, 3.8) is 0 Å². The fourth-order valence-corrected chi connectivity index (χ4v) is 2.75. The maximum absolute atomic E-state index is 6.13. The first-order valence-electron chi connectivity index (χ1n) is 8.63. The van der Waals surface area contributed by atoms with E-state index in [0.29, 0.717) is 0 Å². The van der Waals surface area contributed by atoms with E-state index >= 15 is 0 Å². The smallest absolute Gasteiger partial charge is 0.158 e. The Morgan fingerprint density at radius 1 is 1.15 bits per heavy atom. The molecule has 0 bridgehead atoms. The van der Waals surface area contributed by atoms with Crippen LogP contribution < -0.4 is 0 Å². The van der Waals surface area contributed by atoms with Crippen LogP contribution in [0.15, 0.2) is 12.7 Å². The van der Waals surface area contributed by atoms with Gasteiger partial charge in [0.25, 0.3) is 0 Å². The van der Waals surface area contributed by atoms with Crippen LogP contribution in [-0.2, 0) is 9.47 Å². The molecule has 0 aliphatic carbocycles. The molecule has 0 amide bonds. The number of ether oxygens (including phenoxy) is 2. The monoisotopic (exact) mass is 282 g/mol. The van der Waals surface area contributed by atoms with Crippen molar-refractivity contribution in [1.29, 1.82) is 0 Å².